The van der Waals surface area contributed by atoms with Crippen molar-refractivity contribution in [3.63, 3.8) is 0 Å². The lowest BCUT2D eigenvalue weighted by Gasteiger charge is -2.08. The van der Waals surface area contributed by atoms with E-state index >= 15 is 0 Å². The number of halogens is 1. The van der Waals surface area contributed by atoms with Gasteiger partial charge in [0.25, 0.3) is 0 Å². The highest BCUT2D eigenvalue weighted by Crippen LogP contribution is 2.25. The molecule has 0 bridgehead atoms. The maximum atomic E-state index is 14.3. The van der Waals surface area contributed by atoms with Crippen molar-refractivity contribution in [2.24, 2.45) is 0 Å². The van der Waals surface area contributed by atoms with Gasteiger partial charge < -0.3 is 9.15 Å². The van der Waals surface area contributed by atoms with E-state index in [0.29, 0.717) is 24.2 Å². The van der Waals surface area contributed by atoms with Gasteiger partial charge in [0.1, 0.15) is 11.1 Å². The van der Waals surface area contributed by atoms with Gasteiger partial charge in [0.15, 0.2) is 11.6 Å². The SMILES string of the molecule is CCCCCc1cc2ccc(OCCC)c(F)c2c(=O)o1. The van der Waals surface area contributed by atoms with E-state index in [0.717, 1.165) is 25.7 Å². The molecule has 3 nitrogen and oxygen atoms in total. The Balaban J connectivity index is 2.36. The molecule has 21 heavy (non-hydrogen) atoms. The van der Waals surface area contributed by atoms with Gasteiger partial charge in [-0.15, -0.1) is 0 Å². The van der Waals surface area contributed by atoms with Crippen LogP contribution < -0.4 is 10.4 Å². The van der Waals surface area contributed by atoms with Crippen LogP contribution in [0.25, 0.3) is 10.8 Å². The fourth-order valence-electron chi connectivity index (χ4n) is 2.27. The van der Waals surface area contributed by atoms with Crippen LogP contribution in [0.5, 0.6) is 5.75 Å². The van der Waals surface area contributed by atoms with E-state index < -0.39 is 11.4 Å². The Morgan fingerprint density at radius 2 is 2.00 bits per heavy atom. The number of rotatable bonds is 7. The monoisotopic (exact) mass is 292 g/mol. The molecule has 0 saturated heterocycles. The molecule has 1 aromatic heterocycles. The molecule has 0 saturated carbocycles. The Labute approximate surface area is 123 Å². The molecule has 1 heterocycles. The predicted molar refractivity (Wildman–Crippen MR) is 81.5 cm³/mol. The second-order valence-electron chi connectivity index (χ2n) is 5.15. The molecule has 0 atom stereocenters. The number of ether oxygens (including phenoxy) is 1. The largest absolute Gasteiger partial charge is 0.491 e. The van der Waals surface area contributed by atoms with Crippen LogP contribution in [0.3, 0.4) is 0 Å². The molecule has 4 heteroatoms. The molecule has 1 aromatic carbocycles. The third kappa shape index (κ3) is 3.63. The van der Waals surface area contributed by atoms with E-state index in [1.807, 2.05) is 6.92 Å². The van der Waals surface area contributed by atoms with Crippen LogP contribution in [0.15, 0.2) is 27.4 Å². The Kier molecular flexibility index (Phi) is 5.37. The zero-order chi connectivity index (χ0) is 15.2. The highest BCUT2D eigenvalue weighted by atomic mass is 19.1. The van der Waals surface area contributed by atoms with Gasteiger partial charge in [0.05, 0.1) is 6.61 Å². The van der Waals surface area contributed by atoms with E-state index in [1.54, 1.807) is 18.2 Å². The number of fused-ring (bicyclic) bond motifs is 1. The quantitative estimate of drug-likeness (QED) is 0.708. The van der Waals surface area contributed by atoms with Crippen molar-refractivity contribution < 1.29 is 13.5 Å². The molecule has 0 fully saturated rings. The second kappa shape index (κ2) is 7.25. The van der Waals surface area contributed by atoms with Gasteiger partial charge in [0, 0.05) is 6.42 Å². The first kappa shape index (κ1) is 15.5. The minimum atomic E-state index is -0.630. The van der Waals surface area contributed by atoms with E-state index in [9.17, 15) is 9.18 Å². The van der Waals surface area contributed by atoms with Crippen molar-refractivity contribution in [1.29, 1.82) is 0 Å². The minimum Gasteiger partial charge on any atom is -0.491 e. The third-order valence-corrected chi connectivity index (χ3v) is 3.37. The van der Waals surface area contributed by atoms with Crippen molar-refractivity contribution in [2.45, 2.75) is 46.0 Å². The number of hydrogen-bond acceptors (Lipinski definition) is 3. The molecule has 2 rings (SSSR count). The van der Waals surface area contributed by atoms with Gasteiger partial charge in [0.2, 0.25) is 0 Å². The Bertz CT molecular complexity index is 661. The summed E-state index contributed by atoms with van der Waals surface area (Å²) in [5.41, 5.74) is -0.626. The summed E-state index contributed by atoms with van der Waals surface area (Å²) in [6, 6.07) is 5.03. The first-order chi connectivity index (χ1) is 10.2. The number of aryl methyl sites for hydroxylation is 1. The van der Waals surface area contributed by atoms with Gasteiger partial charge in [-0.1, -0.05) is 32.8 Å². The zero-order valence-corrected chi connectivity index (χ0v) is 12.6. The van der Waals surface area contributed by atoms with Crippen LogP contribution in [0.2, 0.25) is 0 Å². The van der Waals surface area contributed by atoms with E-state index in [4.69, 9.17) is 9.15 Å². The third-order valence-electron chi connectivity index (χ3n) is 3.37. The Hall–Kier alpha value is -1.84. The summed E-state index contributed by atoms with van der Waals surface area (Å²) in [7, 11) is 0. The molecule has 0 aliphatic heterocycles. The summed E-state index contributed by atoms with van der Waals surface area (Å²) >= 11 is 0. The van der Waals surface area contributed by atoms with E-state index in [1.165, 1.54) is 0 Å². The number of unbranched alkanes of at least 4 members (excludes halogenated alkanes) is 2. The van der Waals surface area contributed by atoms with Crippen LogP contribution >= 0.6 is 0 Å². The maximum absolute atomic E-state index is 14.3. The number of hydrogen-bond donors (Lipinski definition) is 0. The zero-order valence-electron chi connectivity index (χ0n) is 12.6. The van der Waals surface area contributed by atoms with Gasteiger partial charge in [-0.25, -0.2) is 9.18 Å². The van der Waals surface area contributed by atoms with E-state index in [2.05, 4.69) is 6.92 Å². The molecule has 0 amide bonds. The smallest absolute Gasteiger partial charge is 0.346 e. The summed E-state index contributed by atoms with van der Waals surface area (Å²) < 4.78 is 24.8. The first-order valence-electron chi connectivity index (χ1n) is 7.55. The van der Waals surface area contributed by atoms with Crippen molar-refractivity contribution in [3.05, 3.63) is 40.2 Å². The van der Waals surface area contributed by atoms with Crippen LogP contribution in [0, 0.1) is 5.82 Å². The van der Waals surface area contributed by atoms with Gasteiger partial charge in [-0.05, 0) is 30.4 Å². The molecule has 0 radical (unpaired) electrons. The lowest BCUT2D eigenvalue weighted by atomic mass is 10.1. The predicted octanol–water partition coefficient (Wildman–Crippen LogP) is 4.45. The molecule has 0 aliphatic carbocycles. The van der Waals surface area contributed by atoms with Crippen molar-refractivity contribution in [2.75, 3.05) is 6.61 Å². The lowest BCUT2D eigenvalue weighted by molar-refractivity contribution is 0.302. The Morgan fingerprint density at radius 3 is 2.71 bits per heavy atom. The lowest BCUT2D eigenvalue weighted by Crippen LogP contribution is -2.06. The molecular formula is C17H21FO3. The molecular weight excluding hydrogens is 271 g/mol. The summed E-state index contributed by atoms with van der Waals surface area (Å²) in [6.07, 6.45) is 4.63. The van der Waals surface area contributed by atoms with Crippen LogP contribution in [0.4, 0.5) is 4.39 Å². The molecule has 0 N–H and O–H groups in total. The minimum absolute atomic E-state index is 0.0251. The average molecular weight is 292 g/mol. The van der Waals surface area contributed by atoms with Crippen LogP contribution in [-0.2, 0) is 6.42 Å². The topological polar surface area (TPSA) is 39.4 Å². The molecule has 0 spiro atoms. The van der Waals surface area contributed by atoms with Crippen LogP contribution in [0.1, 0.15) is 45.3 Å². The Morgan fingerprint density at radius 1 is 1.19 bits per heavy atom. The summed E-state index contributed by atoms with van der Waals surface area (Å²) in [6.45, 7) is 4.47. The fourth-order valence-corrected chi connectivity index (χ4v) is 2.27. The van der Waals surface area contributed by atoms with Gasteiger partial charge in [-0.2, -0.15) is 0 Å². The molecule has 114 valence electrons. The van der Waals surface area contributed by atoms with Crippen molar-refractivity contribution >= 4 is 10.8 Å². The number of benzene rings is 1. The maximum Gasteiger partial charge on any atom is 0.346 e. The van der Waals surface area contributed by atoms with Crippen molar-refractivity contribution in [3.8, 4) is 5.75 Å². The van der Waals surface area contributed by atoms with Gasteiger partial charge in [-0.3, -0.25) is 0 Å². The van der Waals surface area contributed by atoms with Crippen LogP contribution in [-0.4, -0.2) is 6.61 Å². The molecule has 0 aliphatic rings. The van der Waals surface area contributed by atoms with Gasteiger partial charge >= 0.3 is 5.63 Å². The standard InChI is InChI=1S/C17H21FO3/c1-3-5-6-7-13-11-12-8-9-14(20-10-4-2)16(18)15(12)17(19)21-13/h8-9,11H,3-7,10H2,1-2H3. The first-order valence-corrected chi connectivity index (χ1v) is 7.55. The van der Waals surface area contributed by atoms with Crippen molar-refractivity contribution in [1.82, 2.24) is 0 Å². The second-order valence-corrected chi connectivity index (χ2v) is 5.15. The summed E-state index contributed by atoms with van der Waals surface area (Å²) in [5.74, 6) is 0.0905. The summed E-state index contributed by atoms with van der Waals surface area (Å²) in [4.78, 5) is 12.0. The molecule has 0 unspecified atom stereocenters. The highest BCUT2D eigenvalue weighted by molar-refractivity contribution is 5.83. The fraction of sp³-hybridized carbons (Fsp3) is 0.471. The molecule has 2 aromatic rings. The normalized spacial score (nSPS) is 11.0. The average Bonchev–Trinajstić information content (AvgIpc) is 2.46. The summed E-state index contributed by atoms with van der Waals surface area (Å²) in [5, 5.41) is 0.543. The highest BCUT2D eigenvalue weighted by Gasteiger charge is 2.14. The van der Waals surface area contributed by atoms with E-state index in [-0.39, 0.29) is 11.1 Å².